The van der Waals surface area contributed by atoms with Crippen LogP contribution in [0.5, 0.6) is 5.75 Å². The fourth-order valence-electron chi connectivity index (χ4n) is 6.82. The number of hydrogen-bond donors (Lipinski definition) is 1. The number of hydrogen-bond acceptors (Lipinski definition) is 4. The average molecular weight is 527 g/mol. The largest absolute Gasteiger partial charge is 0.490 e. The maximum atomic E-state index is 13.1. The Labute approximate surface area is 219 Å². The van der Waals surface area contributed by atoms with Gasteiger partial charge in [-0.2, -0.15) is 0 Å². The number of benzene rings is 2. The zero-order chi connectivity index (χ0) is 24.9. The zero-order valence-electron chi connectivity index (χ0n) is 20.8. The molecule has 2 aliphatic carbocycles. The van der Waals surface area contributed by atoms with E-state index >= 15 is 0 Å². The number of nitrogens with one attached hydrogen (secondary N) is 1. The van der Waals surface area contributed by atoms with Crippen LogP contribution in [0.25, 0.3) is 0 Å². The molecule has 1 N–H and O–H groups in total. The van der Waals surface area contributed by atoms with Crippen LogP contribution < -0.4 is 14.4 Å². The highest BCUT2D eigenvalue weighted by Crippen LogP contribution is 2.46. The van der Waals surface area contributed by atoms with E-state index in [0.29, 0.717) is 29.8 Å². The highest BCUT2D eigenvalue weighted by atomic mass is 35.5. The van der Waals surface area contributed by atoms with Gasteiger partial charge in [0.2, 0.25) is 0 Å². The van der Waals surface area contributed by atoms with E-state index in [1.165, 1.54) is 24.0 Å². The molecule has 0 aromatic heterocycles. The third kappa shape index (κ3) is 4.51. The molecule has 1 saturated carbocycles. The van der Waals surface area contributed by atoms with Gasteiger partial charge >= 0.3 is 0 Å². The Kier molecular flexibility index (Phi) is 6.24. The molecule has 192 valence electrons. The van der Waals surface area contributed by atoms with Gasteiger partial charge in [0.15, 0.2) is 0 Å². The SMILES string of the molecule is C=S1(=O)CCCC[C@@H]2CC[C@H]2CN2C[C@@]3(CCCc4cc(Cl)ccc43)COc3ccc(cc32)C(=O)N1. The summed E-state index contributed by atoms with van der Waals surface area (Å²) in [7, 11) is -2.66. The quantitative estimate of drug-likeness (QED) is 0.468. The third-order valence-corrected chi connectivity index (χ3v) is 10.6. The van der Waals surface area contributed by atoms with Crippen molar-refractivity contribution in [3.05, 3.63) is 58.1 Å². The second-order valence-corrected chi connectivity index (χ2v) is 14.0. The topological polar surface area (TPSA) is 58.6 Å². The zero-order valence-corrected chi connectivity index (χ0v) is 22.3. The molecule has 0 radical (unpaired) electrons. The van der Waals surface area contributed by atoms with Crippen molar-refractivity contribution in [3.63, 3.8) is 0 Å². The van der Waals surface area contributed by atoms with Crippen LogP contribution in [0.1, 0.15) is 66.4 Å². The Bertz CT molecular complexity index is 1290. The number of anilines is 1. The summed E-state index contributed by atoms with van der Waals surface area (Å²) in [6.07, 6.45) is 8.74. The van der Waals surface area contributed by atoms with Crippen LogP contribution in [-0.4, -0.2) is 41.4 Å². The van der Waals surface area contributed by atoms with Crippen molar-refractivity contribution in [1.82, 2.24) is 4.72 Å². The lowest BCUT2D eigenvalue weighted by atomic mass is 9.69. The summed E-state index contributed by atoms with van der Waals surface area (Å²) in [5, 5.41) is 0.789. The number of carbonyl (C=O) groups excluding carboxylic acids is 1. The summed E-state index contributed by atoms with van der Waals surface area (Å²) >= 11 is 6.37. The minimum atomic E-state index is -2.66. The fourth-order valence-corrected chi connectivity index (χ4v) is 8.24. The number of fused-ring (bicyclic) bond motifs is 4. The minimum Gasteiger partial charge on any atom is -0.490 e. The first-order valence-electron chi connectivity index (χ1n) is 13.3. The van der Waals surface area contributed by atoms with Gasteiger partial charge in [-0.1, -0.05) is 30.5 Å². The number of ether oxygens (including phenoxy) is 1. The molecule has 4 atom stereocenters. The lowest BCUT2D eigenvalue weighted by Crippen LogP contribution is -2.48. The standard InChI is InChI=1S/C29H35ClN2O3S/c1-36(34)14-3-2-5-20-7-8-23(20)17-32-18-29(13-4-6-21-15-24(30)10-11-25(21)29)19-35-27-12-9-22(16-26(27)32)28(33)31-36/h9-12,15-16,20,23H,1-8,13-14,17-19H2,(H,31,33,34)/t20-,23+,29+,36?/m1/s1. The Morgan fingerprint density at radius 3 is 2.78 bits per heavy atom. The summed E-state index contributed by atoms with van der Waals surface area (Å²) in [4.78, 5) is 15.6. The van der Waals surface area contributed by atoms with Crippen LogP contribution in [0.2, 0.25) is 5.02 Å². The predicted molar refractivity (Wildman–Crippen MR) is 148 cm³/mol. The molecule has 36 heavy (non-hydrogen) atoms. The van der Waals surface area contributed by atoms with Gasteiger partial charge in [-0.25, -0.2) is 4.21 Å². The van der Waals surface area contributed by atoms with Crippen molar-refractivity contribution in [1.29, 1.82) is 0 Å². The fraction of sp³-hybridized carbons (Fsp3) is 0.517. The van der Waals surface area contributed by atoms with Crippen LogP contribution in [0, 0.1) is 11.8 Å². The number of carbonyl (C=O) groups is 1. The molecule has 7 heteroatoms. The van der Waals surface area contributed by atoms with Gasteiger partial charge in [-0.15, -0.1) is 0 Å². The molecule has 1 unspecified atom stereocenters. The molecule has 1 spiro atoms. The van der Waals surface area contributed by atoms with E-state index in [4.69, 9.17) is 16.3 Å². The van der Waals surface area contributed by atoms with Crippen LogP contribution >= 0.6 is 11.6 Å². The molecular formula is C29H35ClN2O3S. The lowest BCUT2D eigenvalue weighted by molar-refractivity contribution is 0.0982. The van der Waals surface area contributed by atoms with Gasteiger partial charge in [0.1, 0.15) is 5.75 Å². The monoisotopic (exact) mass is 526 g/mol. The molecule has 1 fully saturated rings. The normalized spacial score (nSPS) is 32.1. The highest BCUT2D eigenvalue weighted by Gasteiger charge is 2.43. The summed E-state index contributed by atoms with van der Waals surface area (Å²) < 4.78 is 22.2. The highest BCUT2D eigenvalue weighted by molar-refractivity contribution is 7.99. The molecule has 6 rings (SSSR count). The summed E-state index contributed by atoms with van der Waals surface area (Å²) in [5.41, 5.74) is 4.04. The molecule has 2 aromatic rings. The van der Waals surface area contributed by atoms with E-state index in [9.17, 15) is 9.00 Å². The predicted octanol–water partition coefficient (Wildman–Crippen LogP) is 5.38. The second-order valence-electron chi connectivity index (χ2n) is 11.3. The van der Waals surface area contributed by atoms with Gasteiger partial charge in [-0.3, -0.25) is 9.52 Å². The van der Waals surface area contributed by atoms with Gasteiger partial charge in [-0.05, 0) is 97.7 Å². The molecule has 2 heterocycles. The molecule has 2 aromatic carbocycles. The van der Waals surface area contributed by atoms with Crippen LogP contribution in [0.4, 0.5) is 5.69 Å². The molecule has 2 bridgehead atoms. The summed E-state index contributed by atoms with van der Waals surface area (Å²) in [5.74, 6) is 6.11. The van der Waals surface area contributed by atoms with Gasteiger partial charge in [0.25, 0.3) is 5.91 Å². The van der Waals surface area contributed by atoms with E-state index in [2.05, 4.69) is 27.6 Å². The van der Waals surface area contributed by atoms with E-state index in [1.807, 2.05) is 18.2 Å². The Morgan fingerprint density at radius 2 is 1.94 bits per heavy atom. The molecule has 5 nitrogen and oxygen atoms in total. The Hall–Kier alpha value is -2.18. The van der Waals surface area contributed by atoms with Crippen LogP contribution in [0.3, 0.4) is 0 Å². The minimum absolute atomic E-state index is 0.119. The Morgan fingerprint density at radius 1 is 1.08 bits per heavy atom. The first-order valence-corrected chi connectivity index (χ1v) is 15.6. The number of rotatable bonds is 0. The van der Waals surface area contributed by atoms with E-state index in [-0.39, 0.29) is 11.3 Å². The van der Waals surface area contributed by atoms with E-state index in [1.54, 1.807) is 6.07 Å². The maximum Gasteiger partial charge on any atom is 0.262 e. The molecule has 4 aliphatic rings. The third-order valence-electron chi connectivity index (χ3n) is 8.91. The average Bonchev–Trinajstić information content (AvgIpc) is 2.98. The van der Waals surface area contributed by atoms with Gasteiger partial charge < -0.3 is 9.64 Å². The molecular weight excluding hydrogens is 492 g/mol. The van der Waals surface area contributed by atoms with Crippen molar-refractivity contribution in [2.24, 2.45) is 11.8 Å². The van der Waals surface area contributed by atoms with Crippen LogP contribution in [-0.2, 0) is 21.5 Å². The van der Waals surface area contributed by atoms with Crippen molar-refractivity contribution < 1.29 is 13.7 Å². The first-order chi connectivity index (χ1) is 17.3. The van der Waals surface area contributed by atoms with Crippen molar-refractivity contribution in [3.8, 4) is 5.75 Å². The van der Waals surface area contributed by atoms with Crippen molar-refractivity contribution in [2.45, 2.75) is 56.8 Å². The van der Waals surface area contributed by atoms with Crippen molar-refractivity contribution in [2.75, 3.05) is 30.3 Å². The van der Waals surface area contributed by atoms with Gasteiger partial charge in [0, 0.05) is 44.6 Å². The smallest absolute Gasteiger partial charge is 0.262 e. The number of amides is 1. The number of aryl methyl sites for hydroxylation is 1. The molecule has 0 saturated heterocycles. The summed E-state index contributed by atoms with van der Waals surface area (Å²) in [6, 6.07) is 12.0. The number of halogens is 1. The lowest BCUT2D eigenvalue weighted by Gasteiger charge is -2.44. The first kappa shape index (κ1) is 24.2. The van der Waals surface area contributed by atoms with Crippen molar-refractivity contribution >= 4 is 38.8 Å². The maximum absolute atomic E-state index is 13.1. The molecule has 1 amide bonds. The van der Waals surface area contributed by atoms with E-state index < -0.39 is 9.71 Å². The number of nitrogens with zero attached hydrogens (tertiary/aromatic N) is 1. The second kappa shape index (κ2) is 9.29. The van der Waals surface area contributed by atoms with Gasteiger partial charge in [0.05, 0.1) is 12.3 Å². The molecule has 2 aliphatic heterocycles. The summed E-state index contributed by atoms with van der Waals surface area (Å²) in [6.45, 7) is 2.44. The van der Waals surface area contributed by atoms with Crippen LogP contribution in [0.15, 0.2) is 36.4 Å². The Balaban J connectivity index is 1.42. The van der Waals surface area contributed by atoms with E-state index in [0.717, 1.165) is 68.1 Å².